The van der Waals surface area contributed by atoms with Gasteiger partial charge in [0.2, 0.25) is 11.7 Å². The second kappa shape index (κ2) is 5.39. The minimum atomic E-state index is -0.176. The molecule has 2 rings (SSSR count). The molecule has 0 unspecified atom stereocenters. The van der Waals surface area contributed by atoms with Crippen molar-refractivity contribution in [2.45, 2.75) is 32.8 Å². The SMILES string of the molecule is CC(C)(C)c1nc(COc2cc(Cl)cc(Cl)c2)no1. The lowest BCUT2D eigenvalue weighted by atomic mass is 9.97. The number of ether oxygens (including phenoxy) is 1. The highest BCUT2D eigenvalue weighted by molar-refractivity contribution is 6.34. The van der Waals surface area contributed by atoms with Gasteiger partial charge in [-0.3, -0.25) is 0 Å². The summed E-state index contributed by atoms with van der Waals surface area (Å²) >= 11 is 11.8. The topological polar surface area (TPSA) is 48.2 Å². The van der Waals surface area contributed by atoms with Crippen molar-refractivity contribution in [3.05, 3.63) is 40.0 Å². The van der Waals surface area contributed by atoms with E-state index in [4.69, 9.17) is 32.5 Å². The van der Waals surface area contributed by atoms with E-state index in [1.807, 2.05) is 20.8 Å². The van der Waals surface area contributed by atoms with Crippen molar-refractivity contribution >= 4 is 23.2 Å². The lowest BCUT2D eigenvalue weighted by Gasteiger charge is -2.10. The first-order valence-electron chi connectivity index (χ1n) is 5.76. The van der Waals surface area contributed by atoms with Crippen molar-refractivity contribution in [2.24, 2.45) is 0 Å². The van der Waals surface area contributed by atoms with Gasteiger partial charge in [0.15, 0.2) is 6.61 Å². The van der Waals surface area contributed by atoms with Gasteiger partial charge >= 0.3 is 0 Å². The third kappa shape index (κ3) is 3.85. The molecule has 0 aliphatic rings. The minimum absolute atomic E-state index is 0.176. The number of rotatable bonds is 3. The standard InChI is InChI=1S/C13H14Cl2N2O2/c1-13(2,3)12-16-11(17-19-12)7-18-10-5-8(14)4-9(15)6-10/h4-6H,7H2,1-3H3. The van der Waals surface area contributed by atoms with Crippen LogP contribution in [-0.2, 0) is 12.0 Å². The molecule has 1 aromatic heterocycles. The molecule has 0 spiro atoms. The quantitative estimate of drug-likeness (QED) is 0.850. The molecule has 19 heavy (non-hydrogen) atoms. The van der Waals surface area contributed by atoms with Gasteiger partial charge in [0.25, 0.3) is 0 Å². The fraction of sp³-hybridized carbons (Fsp3) is 0.385. The molecule has 102 valence electrons. The average Bonchev–Trinajstić information content (AvgIpc) is 2.73. The van der Waals surface area contributed by atoms with Crippen molar-refractivity contribution in [1.29, 1.82) is 0 Å². The van der Waals surface area contributed by atoms with Crippen LogP contribution in [0.25, 0.3) is 0 Å². The Labute approximate surface area is 121 Å². The highest BCUT2D eigenvalue weighted by atomic mass is 35.5. The van der Waals surface area contributed by atoms with Crippen LogP contribution in [0.4, 0.5) is 0 Å². The molecule has 0 fully saturated rings. The van der Waals surface area contributed by atoms with Gasteiger partial charge in [-0.2, -0.15) is 4.98 Å². The van der Waals surface area contributed by atoms with Crippen molar-refractivity contribution < 1.29 is 9.26 Å². The van der Waals surface area contributed by atoms with Crippen LogP contribution in [-0.4, -0.2) is 10.1 Å². The molecule has 4 nitrogen and oxygen atoms in total. The number of hydrogen-bond acceptors (Lipinski definition) is 4. The van der Waals surface area contributed by atoms with E-state index in [0.29, 0.717) is 27.5 Å². The maximum atomic E-state index is 5.88. The molecule has 2 aromatic rings. The number of nitrogens with zero attached hydrogens (tertiary/aromatic N) is 2. The molecule has 0 atom stereocenters. The van der Waals surface area contributed by atoms with E-state index in [2.05, 4.69) is 10.1 Å². The zero-order valence-corrected chi connectivity index (χ0v) is 12.4. The highest BCUT2D eigenvalue weighted by Crippen LogP contribution is 2.25. The molecule has 0 saturated heterocycles. The Morgan fingerprint density at radius 2 is 1.79 bits per heavy atom. The molecule has 0 amide bonds. The van der Waals surface area contributed by atoms with Crippen LogP contribution in [0.5, 0.6) is 5.75 Å². The smallest absolute Gasteiger partial charge is 0.232 e. The number of halogens is 2. The van der Waals surface area contributed by atoms with E-state index in [-0.39, 0.29) is 12.0 Å². The molecular weight excluding hydrogens is 287 g/mol. The van der Waals surface area contributed by atoms with Crippen LogP contribution in [0, 0.1) is 0 Å². The summed E-state index contributed by atoms with van der Waals surface area (Å²) in [5.41, 5.74) is -0.176. The molecule has 0 N–H and O–H groups in total. The van der Waals surface area contributed by atoms with Crippen molar-refractivity contribution in [1.82, 2.24) is 10.1 Å². The van der Waals surface area contributed by atoms with E-state index in [9.17, 15) is 0 Å². The molecule has 6 heteroatoms. The third-order valence-corrected chi connectivity index (χ3v) is 2.75. The summed E-state index contributed by atoms with van der Waals surface area (Å²) in [7, 11) is 0. The molecule has 0 aliphatic heterocycles. The van der Waals surface area contributed by atoms with Gasteiger partial charge in [0, 0.05) is 15.5 Å². The summed E-state index contributed by atoms with van der Waals surface area (Å²) in [4.78, 5) is 4.27. The molecule has 0 saturated carbocycles. The van der Waals surface area contributed by atoms with E-state index >= 15 is 0 Å². The van der Waals surface area contributed by atoms with Gasteiger partial charge in [0.1, 0.15) is 5.75 Å². The summed E-state index contributed by atoms with van der Waals surface area (Å²) in [6, 6.07) is 5.00. The van der Waals surface area contributed by atoms with Gasteiger partial charge in [-0.25, -0.2) is 0 Å². The van der Waals surface area contributed by atoms with E-state index in [1.54, 1.807) is 18.2 Å². The first-order valence-corrected chi connectivity index (χ1v) is 6.52. The maximum absolute atomic E-state index is 5.88. The predicted octanol–water partition coefficient (Wildman–Crippen LogP) is 4.25. The molecule has 1 heterocycles. The molecular formula is C13H14Cl2N2O2. The molecule has 0 aliphatic carbocycles. The molecule has 1 aromatic carbocycles. The number of hydrogen-bond donors (Lipinski definition) is 0. The largest absolute Gasteiger partial charge is 0.485 e. The van der Waals surface area contributed by atoms with Crippen LogP contribution in [0.2, 0.25) is 10.0 Å². The van der Waals surface area contributed by atoms with Crippen LogP contribution >= 0.6 is 23.2 Å². The van der Waals surface area contributed by atoms with E-state index in [1.165, 1.54) is 0 Å². The summed E-state index contributed by atoms with van der Waals surface area (Å²) in [6.45, 7) is 6.21. The zero-order valence-electron chi connectivity index (χ0n) is 10.9. The first-order chi connectivity index (χ1) is 8.84. The Kier molecular flexibility index (Phi) is 4.02. The molecule has 0 radical (unpaired) electrons. The lowest BCUT2D eigenvalue weighted by Crippen LogP contribution is -2.11. The minimum Gasteiger partial charge on any atom is -0.485 e. The first kappa shape index (κ1) is 14.2. The Balaban J connectivity index is 2.04. The summed E-state index contributed by atoms with van der Waals surface area (Å²) < 4.78 is 10.7. The van der Waals surface area contributed by atoms with Crippen molar-refractivity contribution in [2.75, 3.05) is 0 Å². The normalized spacial score (nSPS) is 11.6. The van der Waals surface area contributed by atoms with Gasteiger partial charge in [-0.15, -0.1) is 0 Å². The predicted molar refractivity (Wildman–Crippen MR) is 73.8 cm³/mol. The average molecular weight is 301 g/mol. The highest BCUT2D eigenvalue weighted by Gasteiger charge is 2.21. The summed E-state index contributed by atoms with van der Waals surface area (Å²) in [5, 5.41) is 4.90. The van der Waals surface area contributed by atoms with Crippen LogP contribution < -0.4 is 4.74 Å². The van der Waals surface area contributed by atoms with E-state index < -0.39 is 0 Å². The van der Waals surface area contributed by atoms with Crippen molar-refractivity contribution in [3.8, 4) is 5.75 Å². The third-order valence-electron chi connectivity index (χ3n) is 2.31. The Bertz CT molecular complexity index is 556. The van der Waals surface area contributed by atoms with Gasteiger partial charge in [0.05, 0.1) is 0 Å². The summed E-state index contributed by atoms with van der Waals surface area (Å²) in [6.07, 6.45) is 0. The fourth-order valence-electron chi connectivity index (χ4n) is 1.38. The second-order valence-electron chi connectivity index (χ2n) is 5.16. The van der Waals surface area contributed by atoms with Crippen LogP contribution in [0.3, 0.4) is 0 Å². The lowest BCUT2D eigenvalue weighted by molar-refractivity contribution is 0.280. The Hall–Kier alpha value is -1.26. The second-order valence-corrected chi connectivity index (χ2v) is 6.03. The zero-order chi connectivity index (χ0) is 14.0. The van der Waals surface area contributed by atoms with Crippen molar-refractivity contribution in [3.63, 3.8) is 0 Å². The van der Waals surface area contributed by atoms with Gasteiger partial charge in [-0.1, -0.05) is 49.1 Å². The van der Waals surface area contributed by atoms with E-state index in [0.717, 1.165) is 0 Å². The Morgan fingerprint density at radius 3 is 2.32 bits per heavy atom. The monoisotopic (exact) mass is 300 g/mol. The van der Waals surface area contributed by atoms with Crippen LogP contribution in [0.1, 0.15) is 32.5 Å². The molecule has 0 bridgehead atoms. The fourth-order valence-corrected chi connectivity index (χ4v) is 1.88. The van der Waals surface area contributed by atoms with Gasteiger partial charge in [-0.05, 0) is 18.2 Å². The number of aromatic nitrogens is 2. The van der Waals surface area contributed by atoms with Crippen LogP contribution in [0.15, 0.2) is 22.7 Å². The Morgan fingerprint density at radius 1 is 1.16 bits per heavy atom. The summed E-state index contributed by atoms with van der Waals surface area (Å²) in [5.74, 6) is 1.64. The number of benzene rings is 1. The van der Waals surface area contributed by atoms with Gasteiger partial charge < -0.3 is 9.26 Å². The maximum Gasteiger partial charge on any atom is 0.232 e.